The van der Waals surface area contributed by atoms with Crippen molar-refractivity contribution in [1.82, 2.24) is 0 Å². The first-order valence-electron chi connectivity index (χ1n) is 21.2. The van der Waals surface area contributed by atoms with Crippen molar-refractivity contribution in [1.29, 1.82) is 0 Å². The average Bonchev–Trinajstić information content (AvgIpc) is 3.35. The summed E-state index contributed by atoms with van der Waals surface area (Å²) < 4.78 is 0. The van der Waals surface area contributed by atoms with Crippen molar-refractivity contribution in [2.75, 3.05) is 0 Å². The van der Waals surface area contributed by atoms with Gasteiger partial charge in [0.05, 0.1) is 0 Å². The Morgan fingerprint density at radius 3 is 0.823 bits per heavy atom. The summed E-state index contributed by atoms with van der Waals surface area (Å²) in [5, 5.41) is 0. The fourth-order valence-corrected chi connectivity index (χ4v) is 7.89. The summed E-state index contributed by atoms with van der Waals surface area (Å²) in [6, 6.07) is 86.2. The van der Waals surface area contributed by atoms with Gasteiger partial charge in [-0.3, -0.25) is 0 Å². The van der Waals surface area contributed by atoms with Gasteiger partial charge in [0.1, 0.15) is 0 Å². The van der Waals surface area contributed by atoms with Crippen molar-refractivity contribution in [3.8, 4) is 22.3 Å². The Bertz CT molecular complexity index is 2680. The second-order valence-electron chi connectivity index (χ2n) is 15.3. The first-order valence-corrected chi connectivity index (χ1v) is 21.2. The van der Waals surface area contributed by atoms with Gasteiger partial charge in [0.15, 0.2) is 0 Å². The number of hydrogen-bond acceptors (Lipinski definition) is 0. The minimum atomic E-state index is 1.16. The van der Waals surface area contributed by atoms with Gasteiger partial charge in [0, 0.05) is 0 Å². The zero-order valence-corrected chi connectivity index (χ0v) is 34.6. The van der Waals surface area contributed by atoms with Gasteiger partial charge < -0.3 is 0 Å². The Labute approximate surface area is 366 Å². The predicted octanol–water partition coefficient (Wildman–Crippen LogP) is 16.5. The maximum Gasteiger partial charge on any atom is -0.0105 e. The minimum absolute atomic E-state index is 1.16. The predicted molar refractivity (Wildman–Crippen MR) is 268 cm³/mol. The highest BCUT2D eigenvalue weighted by molar-refractivity contribution is 5.93. The molecule has 0 heteroatoms. The molecular formula is C62H46. The van der Waals surface area contributed by atoms with Crippen LogP contribution >= 0.6 is 0 Å². The van der Waals surface area contributed by atoms with Crippen molar-refractivity contribution < 1.29 is 0 Å². The molecule has 0 unspecified atom stereocenters. The van der Waals surface area contributed by atoms with E-state index in [9.17, 15) is 0 Å². The van der Waals surface area contributed by atoms with Crippen LogP contribution in [-0.4, -0.2) is 0 Å². The molecule has 0 saturated heterocycles. The Balaban J connectivity index is 0.903. The molecule has 0 nitrogen and oxygen atoms in total. The van der Waals surface area contributed by atoms with E-state index in [2.05, 4.69) is 279 Å². The van der Waals surface area contributed by atoms with E-state index < -0.39 is 0 Å². The van der Waals surface area contributed by atoms with Crippen molar-refractivity contribution in [2.45, 2.75) is 0 Å². The van der Waals surface area contributed by atoms with E-state index in [1.54, 1.807) is 0 Å². The summed E-state index contributed by atoms with van der Waals surface area (Å²) in [5.41, 5.74) is 19.0. The molecule has 0 spiro atoms. The van der Waals surface area contributed by atoms with E-state index in [1.165, 1.54) is 77.9 Å². The van der Waals surface area contributed by atoms with Crippen molar-refractivity contribution in [3.05, 3.63) is 298 Å². The van der Waals surface area contributed by atoms with Crippen molar-refractivity contribution >= 4 is 47.6 Å². The molecule has 9 aromatic rings. The quantitative estimate of drug-likeness (QED) is 0.108. The second kappa shape index (κ2) is 19.3. The molecule has 0 aliphatic rings. The van der Waals surface area contributed by atoms with Crippen molar-refractivity contribution in [2.24, 2.45) is 0 Å². The lowest BCUT2D eigenvalue weighted by atomic mass is 9.94. The zero-order valence-electron chi connectivity index (χ0n) is 34.6. The fourth-order valence-electron chi connectivity index (χ4n) is 7.89. The van der Waals surface area contributed by atoms with E-state index >= 15 is 0 Å². The van der Waals surface area contributed by atoms with Gasteiger partial charge in [-0.2, -0.15) is 0 Å². The van der Waals surface area contributed by atoms with Crippen LogP contribution in [0.3, 0.4) is 0 Å². The SMILES string of the molecule is C(=Cc1ccccc1-c1ccc(-c2ccccc2C=Cc2ccc(C=C(c3ccccc3)c3ccccc3)cc2)cc1)c1ccc(C=C(c2ccccc2)c2ccccc2)cc1. The van der Waals surface area contributed by atoms with Gasteiger partial charge in [-0.25, -0.2) is 0 Å². The Morgan fingerprint density at radius 1 is 0.226 bits per heavy atom. The molecule has 0 heterocycles. The van der Waals surface area contributed by atoms with E-state index in [-0.39, 0.29) is 0 Å². The first-order chi connectivity index (χ1) is 30.7. The highest BCUT2D eigenvalue weighted by Crippen LogP contribution is 2.32. The molecule has 0 amide bonds. The average molecular weight is 791 g/mol. The molecule has 294 valence electrons. The molecule has 0 N–H and O–H groups in total. The Hall–Kier alpha value is -8.06. The smallest absolute Gasteiger partial charge is 0.0105 e. The van der Waals surface area contributed by atoms with Crippen LogP contribution in [0.1, 0.15) is 55.6 Å². The third kappa shape index (κ3) is 9.69. The summed E-state index contributed by atoms with van der Waals surface area (Å²) in [7, 11) is 0. The maximum absolute atomic E-state index is 2.28. The van der Waals surface area contributed by atoms with E-state index in [4.69, 9.17) is 0 Å². The Kier molecular flexibility index (Phi) is 12.3. The van der Waals surface area contributed by atoms with Gasteiger partial charge in [-0.05, 0) is 101 Å². The third-order valence-electron chi connectivity index (χ3n) is 11.2. The molecule has 62 heavy (non-hydrogen) atoms. The summed E-state index contributed by atoms with van der Waals surface area (Å²) in [4.78, 5) is 0. The lowest BCUT2D eigenvalue weighted by molar-refractivity contribution is 1.55. The van der Waals surface area contributed by atoms with Crippen molar-refractivity contribution in [3.63, 3.8) is 0 Å². The summed E-state index contributed by atoms with van der Waals surface area (Å²) in [5.74, 6) is 0. The van der Waals surface area contributed by atoms with E-state index in [0.717, 1.165) is 11.1 Å². The molecule has 9 rings (SSSR count). The molecule has 0 aromatic heterocycles. The molecule has 0 aliphatic carbocycles. The summed E-state index contributed by atoms with van der Waals surface area (Å²) in [6.07, 6.45) is 13.4. The number of rotatable bonds is 12. The van der Waals surface area contributed by atoms with E-state index in [1.807, 2.05) is 0 Å². The van der Waals surface area contributed by atoms with Crippen LogP contribution in [0.25, 0.3) is 69.9 Å². The highest BCUT2D eigenvalue weighted by Gasteiger charge is 2.09. The zero-order chi connectivity index (χ0) is 41.8. The minimum Gasteiger partial charge on any atom is -0.0622 e. The fraction of sp³-hybridized carbons (Fsp3) is 0. The van der Waals surface area contributed by atoms with Crippen LogP contribution < -0.4 is 0 Å². The van der Waals surface area contributed by atoms with Crippen LogP contribution in [0.2, 0.25) is 0 Å². The topological polar surface area (TPSA) is 0 Å². The molecule has 0 saturated carbocycles. The lowest BCUT2D eigenvalue weighted by Gasteiger charge is -2.10. The van der Waals surface area contributed by atoms with Gasteiger partial charge in [-0.15, -0.1) is 0 Å². The van der Waals surface area contributed by atoms with Crippen LogP contribution in [0.4, 0.5) is 0 Å². The van der Waals surface area contributed by atoms with Gasteiger partial charge in [-0.1, -0.05) is 267 Å². The van der Waals surface area contributed by atoms with Crippen LogP contribution in [0.5, 0.6) is 0 Å². The molecule has 0 fully saturated rings. The molecule has 0 radical (unpaired) electrons. The monoisotopic (exact) mass is 790 g/mol. The first kappa shape index (κ1) is 39.4. The van der Waals surface area contributed by atoms with Gasteiger partial charge >= 0.3 is 0 Å². The molecule has 0 atom stereocenters. The van der Waals surface area contributed by atoms with Crippen LogP contribution in [0, 0.1) is 0 Å². The normalized spacial score (nSPS) is 11.1. The van der Waals surface area contributed by atoms with Crippen LogP contribution in [0.15, 0.2) is 243 Å². The second-order valence-corrected chi connectivity index (χ2v) is 15.3. The number of hydrogen-bond donors (Lipinski definition) is 0. The van der Waals surface area contributed by atoms with E-state index in [0.29, 0.717) is 0 Å². The standard InChI is InChI=1S/C62H46/c1-5-17-51(18-6-1)61(52-19-7-2-8-20-52)45-49-33-29-47(30-34-49)37-39-55-25-13-15-27-59(55)57-41-43-58(44-42-57)60-28-16-14-26-56(60)40-38-48-31-35-50(36-32-48)46-62(53-21-9-3-10-22-53)54-23-11-4-12-24-54/h1-46H. The van der Waals surface area contributed by atoms with Gasteiger partial charge in [0.2, 0.25) is 0 Å². The van der Waals surface area contributed by atoms with Gasteiger partial charge in [0.25, 0.3) is 0 Å². The lowest BCUT2D eigenvalue weighted by Crippen LogP contribution is -1.88. The molecular weight excluding hydrogens is 745 g/mol. The Morgan fingerprint density at radius 2 is 0.500 bits per heavy atom. The molecule has 0 bridgehead atoms. The largest absolute Gasteiger partial charge is 0.0622 e. The summed E-state index contributed by atoms with van der Waals surface area (Å²) >= 11 is 0. The highest BCUT2D eigenvalue weighted by atomic mass is 14.1. The third-order valence-corrected chi connectivity index (χ3v) is 11.2. The number of benzene rings is 9. The molecule has 0 aliphatic heterocycles. The molecule has 9 aromatic carbocycles. The maximum atomic E-state index is 2.28. The van der Waals surface area contributed by atoms with Crippen LogP contribution in [-0.2, 0) is 0 Å². The summed E-state index contributed by atoms with van der Waals surface area (Å²) in [6.45, 7) is 0.